The Morgan fingerprint density at radius 2 is 0.686 bits per heavy atom. The van der Waals surface area contributed by atoms with Crippen LogP contribution in [0.2, 0.25) is 0 Å². The molecule has 1 aromatic carbocycles. The van der Waals surface area contributed by atoms with E-state index < -0.39 is 11.9 Å². The number of phenols is 1. The van der Waals surface area contributed by atoms with Gasteiger partial charge in [0.15, 0.2) is 0 Å². The van der Waals surface area contributed by atoms with Crippen molar-refractivity contribution in [3.05, 3.63) is 35.4 Å². The number of carbonyl (C=O) groups is 2. The molecule has 0 spiro atoms. The quantitative estimate of drug-likeness (QED) is 0.0244. The Hall–Kier alpha value is -2.30. The third kappa shape index (κ3) is 29.9. The first-order valence-electron chi connectivity index (χ1n) is 21.9. The van der Waals surface area contributed by atoms with Crippen LogP contribution in [0.3, 0.4) is 0 Å². The highest BCUT2D eigenvalue weighted by molar-refractivity contribution is 6.17. The van der Waals surface area contributed by atoms with Crippen LogP contribution in [0, 0.1) is 0 Å². The second-order valence-corrected chi connectivity index (χ2v) is 15.0. The van der Waals surface area contributed by atoms with Gasteiger partial charge in [0.25, 0.3) is 0 Å². The molecule has 5 nitrogen and oxygen atoms in total. The van der Waals surface area contributed by atoms with Crippen LogP contribution < -0.4 is 0 Å². The molecule has 5 heteroatoms. The lowest BCUT2D eigenvalue weighted by molar-refractivity contribution is -0.147. The van der Waals surface area contributed by atoms with E-state index in [9.17, 15) is 14.7 Å². The summed E-state index contributed by atoms with van der Waals surface area (Å²) in [5, 5.41) is 9.64. The number of unbranched alkanes of at least 4 members (excludes halogenated alkanes) is 30. The minimum absolute atomic E-state index is 0.0892. The molecule has 0 aliphatic heterocycles. The fraction of sp³-hybridized carbons (Fsp3) is 0.783. The predicted molar refractivity (Wildman–Crippen MR) is 217 cm³/mol. The zero-order valence-corrected chi connectivity index (χ0v) is 33.5. The highest BCUT2D eigenvalue weighted by Crippen LogP contribution is 2.18. The summed E-state index contributed by atoms with van der Waals surface area (Å²) in [7, 11) is 0. The van der Waals surface area contributed by atoms with E-state index in [2.05, 4.69) is 13.8 Å². The van der Waals surface area contributed by atoms with Crippen molar-refractivity contribution in [1.82, 2.24) is 0 Å². The number of hydrogen-bond donors (Lipinski definition) is 1. The van der Waals surface area contributed by atoms with Gasteiger partial charge in [-0.05, 0) is 36.6 Å². The lowest BCUT2D eigenvalue weighted by Gasteiger charge is -2.10. The molecule has 0 unspecified atom stereocenters. The lowest BCUT2D eigenvalue weighted by Crippen LogP contribution is -2.19. The maximum absolute atomic E-state index is 13.0. The van der Waals surface area contributed by atoms with Gasteiger partial charge in [0.2, 0.25) is 0 Å². The molecule has 0 aliphatic rings. The van der Waals surface area contributed by atoms with Crippen LogP contribution in [0.15, 0.2) is 29.8 Å². The van der Waals surface area contributed by atoms with E-state index >= 15 is 0 Å². The van der Waals surface area contributed by atoms with Crippen LogP contribution in [0.5, 0.6) is 5.75 Å². The molecular weight excluding hydrogens is 633 g/mol. The second kappa shape index (κ2) is 36.1. The van der Waals surface area contributed by atoms with Gasteiger partial charge in [0.05, 0.1) is 13.2 Å². The third-order valence-electron chi connectivity index (χ3n) is 10.1. The number of aromatic hydroxyl groups is 1. The number of benzene rings is 1. The molecule has 0 atom stereocenters. The smallest absolute Gasteiger partial charge is 0.345 e. The largest absolute Gasteiger partial charge is 0.508 e. The second-order valence-electron chi connectivity index (χ2n) is 15.0. The Bertz CT molecular complexity index is 901. The van der Waals surface area contributed by atoms with E-state index in [0.717, 1.165) is 38.5 Å². The third-order valence-corrected chi connectivity index (χ3v) is 10.1. The first kappa shape index (κ1) is 46.7. The van der Waals surface area contributed by atoms with Crippen molar-refractivity contribution in [2.45, 2.75) is 219 Å². The summed E-state index contributed by atoms with van der Waals surface area (Å²) >= 11 is 0. The number of phenolic OH excluding ortho intramolecular Hbond substituents is 1. The van der Waals surface area contributed by atoms with E-state index in [1.807, 2.05) is 0 Å². The number of rotatable bonds is 37. The van der Waals surface area contributed by atoms with Crippen molar-refractivity contribution in [3.63, 3.8) is 0 Å². The Balaban J connectivity index is 2.16. The summed E-state index contributed by atoms with van der Waals surface area (Å²) in [6, 6.07) is 6.41. The Kier molecular flexibility index (Phi) is 33.0. The monoisotopic (exact) mass is 713 g/mol. The molecule has 0 saturated carbocycles. The Morgan fingerprint density at radius 3 is 0.961 bits per heavy atom. The van der Waals surface area contributed by atoms with Gasteiger partial charge in [-0.15, -0.1) is 0 Å². The van der Waals surface area contributed by atoms with E-state index in [1.54, 1.807) is 12.1 Å². The molecule has 0 fully saturated rings. The fourth-order valence-electron chi connectivity index (χ4n) is 6.72. The molecule has 51 heavy (non-hydrogen) atoms. The molecule has 0 aromatic heterocycles. The van der Waals surface area contributed by atoms with Crippen molar-refractivity contribution in [3.8, 4) is 5.75 Å². The first-order chi connectivity index (χ1) is 25.1. The molecular formula is C46H80O5. The number of hydrogen-bond acceptors (Lipinski definition) is 5. The van der Waals surface area contributed by atoms with Crippen LogP contribution in [0.25, 0.3) is 6.08 Å². The van der Waals surface area contributed by atoms with Crippen LogP contribution in [0.4, 0.5) is 0 Å². The summed E-state index contributed by atoms with van der Waals surface area (Å²) in [4.78, 5) is 25.9. The van der Waals surface area contributed by atoms with Crippen molar-refractivity contribution < 1.29 is 24.2 Å². The van der Waals surface area contributed by atoms with Gasteiger partial charge in [0.1, 0.15) is 11.3 Å². The van der Waals surface area contributed by atoms with Crippen LogP contribution in [0.1, 0.15) is 225 Å². The minimum atomic E-state index is -0.638. The fourth-order valence-corrected chi connectivity index (χ4v) is 6.72. The molecule has 1 N–H and O–H groups in total. The van der Waals surface area contributed by atoms with Crippen LogP contribution >= 0.6 is 0 Å². The maximum Gasteiger partial charge on any atom is 0.345 e. The van der Waals surface area contributed by atoms with Gasteiger partial charge in [0, 0.05) is 0 Å². The van der Waals surface area contributed by atoms with Gasteiger partial charge in [-0.3, -0.25) is 0 Å². The van der Waals surface area contributed by atoms with Gasteiger partial charge >= 0.3 is 11.9 Å². The first-order valence-corrected chi connectivity index (χ1v) is 21.9. The van der Waals surface area contributed by atoms with E-state index in [0.29, 0.717) is 18.8 Å². The Morgan fingerprint density at radius 1 is 0.431 bits per heavy atom. The van der Waals surface area contributed by atoms with E-state index in [4.69, 9.17) is 9.47 Å². The van der Waals surface area contributed by atoms with Gasteiger partial charge < -0.3 is 14.6 Å². The summed E-state index contributed by atoms with van der Waals surface area (Å²) in [6.45, 7) is 5.15. The topological polar surface area (TPSA) is 72.8 Å². The van der Waals surface area contributed by atoms with Gasteiger partial charge in [-0.1, -0.05) is 219 Å². The molecule has 294 valence electrons. The minimum Gasteiger partial charge on any atom is -0.508 e. The molecule has 0 aliphatic carbocycles. The molecule has 0 amide bonds. The average molecular weight is 713 g/mol. The molecule has 1 aromatic rings. The highest BCUT2D eigenvalue weighted by atomic mass is 16.6. The SMILES string of the molecule is CCCCCCCCCCCCCCCCCCOC(=O)C(=Cc1ccc(O)cc1)C(=O)OCCCCCCCCCCCCCCCCCC. The molecule has 0 bridgehead atoms. The van der Waals surface area contributed by atoms with Crippen molar-refractivity contribution in [2.24, 2.45) is 0 Å². The standard InChI is InChI=1S/C46H80O5/c1-3-5-7-9-11-13-15-17-19-21-23-25-27-29-31-33-39-50-45(48)44(41-42-35-37-43(47)38-36-42)46(49)51-40-34-32-30-28-26-24-22-20-18-16-14-12-10-8-6-4-2/h35-38,41,47H,3-34,39-40H2,1-2H3. The van der Waals surface area contributed by atoms with Crippen molar-refractivity contribution in [2.75, 3.05) is 13.2 Å². The highest BCUT2D eigenvalue weighted by Gasteiger charge is 2.21. The summed E-state index contributed by atoms with van der Waals surface area (Å²) < 4.78 is 11.0. The van der Waals surface area contributed by atoms with Crippen LogP contribution in [-0.2, 0) is 19.1 Å². The molecule has 0 radical (unpaired) electrons. The zero-order chi connectivity index (χ0) is 36.9. The number of esters is 2. The van der Waals surface area contributed by atoms with E-state index in [1.165, 1.54) is 185 Å². The molecule has 0 heterocycles. The maximum atomic E-state index is 13.0. The average Bonchev–Trinajstić information content (AvgIpc) is 3.13. The molecule has 0 saturated heterocycles. The van der Waals surface area contributed by atoms with Crippen LogP contribution in [-0.4, -0.2) is 30.3 Å². The summed E-state index contributed by atoms with van der Waals surface area (Å²) in [5.41, 5.74) is 0.551. The number of carbonyl (C=O) groups excluding carboxylic acids is 2. The van der Waals surface area contributed by atoms with Crippen molar-refractivity contribution >= 4 is 18.0 Å². The summed E-state index contributed by atoms with van der Waals surface area (Å²) in [5.74, 6) is -1.15. The predicted octanol–water partition coefficient (Wildman–Crippen LogP) is 14.4. The van der Waals surface area contributed by atoms with Crippen molar-refractivity contribution in [1.29, 1.82) is 0 Å². The Labute approximate surface area is 315 Å². The van der Waals surface area contributed by atoms with Gasteiger partial charge in [-0.25, -0.2) is 9.59 Å². The zero-order valence-electron chi connectivity index (χ0n) is 33.5. The molecule has 1 rings (SSSR count). The van der Waals surface area contributed by atoms with Gasteiger partial charge in [-0.2, -0.15) is 0 Å². The normalized spacial score (nSPS) is 11.1. The lowest BCUT2D eigenvalue weighted by atomic mass is 10.0. The number of ether oxygens (including phenoxy) is 2. The van der Waals surface area contributed by atoms with E-state index in [-0.39, 0.29) is 11.3 Å². The summed E-state index contributed by atoms with van der Waals surface area (Å²) in [6.07, 6.45) is 42.8.